The van der Waals surface area contributed by atoms with Gasteiger partial charge in [-0.3, -0.25) is 19.7 Å². The Hall–Kier alpha value is -3.29. The Balaban J connectivity index is 2.43. The molecule has 0 aliphatic carbocycles. The molecule has 0 aliphatic heterocycles. The Morgan fingerprint density at radius 3 is 2.33 bits per heavy atom. The highest BCUT2D eigenvalue weighted by atomic mass is 19.1. The zero-order chi connectivity index (χ0) is 17.7. The molecule has 0 fully saturated rings. The van der Waals surface area contributed by atoms with Gasteiger partial charge in [-0.05, 0) is 30.3 Å². The second-order valence-electron chi connectivity index (χ2n) is 4.92. The van der Waals surface area contributed by atoms with Crippen LogP contribution in [-0.4, -0.2) is 23.3 Å². The molecule has 0 bridgehead atoms. The Morgan fingerprint density at radius 1 is 1.12 bits per heavy atom. The van der Waals surface area contributed by atoms with Crippen LogP contribution >= 0.6 is 0 Å². The van der Waals surface area contributed by atoms with E-state index in [0.717, 1.165) is 17.0 Å². The summed E-state index contributed by atoms with van der Waals surface area (Å²) in [4.78, 5) is 35.4. The molecule has 124 valence electrons. The SMILES string of the molecule is NC(=O)CCN(C(=O)c1ccccc1[N+](=O)[O-])c1ccc(F)cc1. The second kappa shape index (κ2) is 7.32. The van der Waals surface area contributed by atoms with Crippen LogP contribution in [0.1, 0.15) is 16.8 Å². The number of carbonyl (C=O) groups excluding carboxylic acids is 2. The van der Waals surface area contributed by atoms with E-state index in [2.05, 4.69) is 0 Å². The van der Waals surface area contributed by atoms with E-state index in [1.165, 1.54) is 36.4 Å². The van der Waals surface area contributed by atoms with Gasteiger partial charge < -0.3 is 10.6 Å². The van der Waals surface area contributed by atoms with Crippen molar-refractivity contribution in [3.05, 3.63) is 70.0 Å². The van der Waals surface area contributed by atoms with Crippen molar-refractivity contribution >= 4 is 23.2 Å². The van der Waals surface area contributed by atoms with Gasteiger partial charge in [-0.15, -0.1) is 0 Å². The van der Waals surface area contributed by atoms with Gasteiger partial charge in [0.25, 0.3) is 11.6 Å². The van der Waals surface area contributed by atoms with Crippen LogP contribution in [0.25, 0.3) is 0 Å². The van der Waals surface area contributed by atoms with Crippen LogP contribution in [0.15, 0.2) is 48.5 Å². The second-order valence-corrected chi connectivity index (χ2v) is 4.92. The number of rotatable bonds is 6. The lowest BCUT2D eigenvalue weighted by molar-refractivity contribution is -0.385. The minimum absolute atomic E-state index is 0.0775. The quantitative estimate of drug-likeness (QED) is 0.647. The summed E-state index contributed by atoms with van der Waals surface area (Å²) in [6, 6.07) is 10.5. The zero-order valence-electron chi connectivity index (χ0n) is 12.5. The van der Waals surface area contributed by atoms with Crippen LogP contribution in [-0.2, 0) is 4.79 Å². The monoisotopic (exact) mass is 331 g/mol. The van der Waals surface area contributed by atoms with Gasteiger partial charge >= 0.3 is 0 Å². The normalized spacial score (nSPS) is 10.2. The first-order valence-electron chi connectivity index (χ1n) is 6.99. The lowest BCUT2D eigenvalue weighted by Gasteiger charge is -2.22. The molecule has 2 aromatic rings. The fourth-order valence-electron chi connectivity index (χ4n) is 2.15. The van der Waals surface area contributed by atoms with E-state index in [-0.39, 0.29) is 24.2 Å². The molecule has 8 heteroatoms. The third-order valence-electron chi connectivity index (χ3n) is 3.30. The van der Waals surface area contributed by atoms with Crippen LogP contribution in [0.3, 0.4) is 0 Å². The molecule has 24 heavy (non-hydrogen) atoms. The summed E-state index contributed by atoms with van der Waals surface area (Å²) in [6.07, 6.45) is -0.135. The van der Waals surface area contributed by atoms with E-state index >= 15 is 0 Å². The lowest BCUT2D eigenvalue weighted by atomic mass is 10.1. The van der Waals surface area contributed by atoms with Crippen LogP contribution < -0.4 is 10.6 Å². The number of primary amides is 1. The van der Waals surface area contributed by atoms with E-state index in [1.54, 1.807) is 0 Å². The molecule has 2 aromatic carbocycles. The number of nitrogens with zero attached hydrogens (tertiary/aromatic N) is 2. The van der Waals surface area contributed by atoms with Crippen molar-refractivity contribution in [3.8, 4) is 0 Å². The van der Waals surface area contributed by atoms with E-state index in [0.29, 0.717) is 5.69 Å². The summed E-state index contributed by atoms with van der Waals surface area (Å²) >= 11 is 0. The summed E-state index contributed by atoms with van der Waals surface area (Å²) in [5, 5.41) is 11.1. The number of hydrogen-bond acceptors (Lipinski definition) is 4. The number of hydrogen-bond donors (Lipinski definition) is 1. The standard InChI is InChI=1S/C16H14FN3O4/c17-11-5-7-12(8-6-11)19(10-9-15(18)21)16(22)13-3-1-2-4-14(13)20(23)24/h1-8H,9-10H2,(H2,18,21). The zero-order valence-corrected chi connectivity index (χ0v) is 12.5. The summed E-state index contributed by atoms with van der Waals surface area (Å²) in [7, 11) is 0. The highest BCUT2D eigenvalue weighted by Gasteiger charge is 2.25. The molecule has 0 atom stereocenters. The van der Waals surface area contributed by atoms with Crippen molar-refractivity contribution in [2.75, 3.05) is 11.4 Å². The van der Waals surface area contributed by atoms with Gasteiger partial charge in [0.2, 0.25) is 5.91 Å². The van der Waals surface area contributed by atoms with E-state index < -0.39 is 22.6 Å². The number of nitro groups is 1. The van der Waals surface area contributed by atoms with Crippen molar-refractivity contribution in [1.29, 1.82) is 0 Å². The maximum atomic E-state index is 13.1. The predicted octanol–water partition coefficient (Wildman–Crippen LogP) is 2.26. The largest absolute Gasteiger partial charge is 0.370 e. The van der Waals surface area contributed by atoms with Gasteiger partial charge in [0.1, 0.15) is 11.4 Å². The molecule has 0 radical (unpaired) electrons. The number of benzene rings is 2. The molecule has 0 unspecified atom stereocenters. The van der Waals surface area contributed by atoms with Crippen LogP contribution in [0, 0.1) is 15.9 Å². The summed E-state index contributed by atoms with van der Waals surface area (Å²) in [5.74, 6) is -1.79. The van der Waals surface area contributed by atoms with Gasteiger partial charge in [-0.1, -0.05) is 12.1 Å². The average Bonchev–Trinajstić information content (AvgIpc) is 2.56. The van der Waals surface area contributed by atoms with Crippen molar-refractivity contribution < 1.29 is 18.9 Å². The van der Waals surface area contributed by atoms with Crippen molar-refractivity contribution in [3.63, 3.8) is 0 Å². The fraction of sp³-hybridized carbons (Fsp3) is 0.125. The number of anilines is 1. The van der Waals surface area contributed by atoms with Gasteiger partial charge in [0.05, 0.1) is 4.92 Å². The average molecular weight is 331 g/mol. The lowest BCUT2D eigenvalue weighted by Crippen LogP contribution is -2.34. The number of halogens is 1. The minimum atomic E-state index is -0.671. The van der Waals surface area contributed by atoms with Gasteiger partial charge in [-0.2, -0.15) is 0 Å². The molecular formula is C16H14FN3O4. The Morgan fingerprint density at radius 2 is 1.75 bits per heavy atom. The first-order valence-corrected chi connectivity index (χ1v) is 6.99. The molecule has 0 aliphatic rings. The Labute approximate surface area is 136 Å². The predicted molar refractivity (Wildman–Crippen MR) is 85.0 cm³/mol. The number of carbonyl (C=O) groups is 2. The van der Waals surface area contributed by atoms with Crippen LogP contribution in [0.5, 0.6) is 0 Å². The fourth-order valence-corrected chi connectivity index (χ4v) is 2.15. The van der Waals surface area contributed by atoms with Crippen LogP contribution in [0.2, 0.25) is 0 Å². The number of nitro benzene ring substituents is 1. The first kappa shape index (κ1) is 17.1. The number of para-hydroxylation sites is 1. The van der Waals surface area contributed by atoms with Crippen molar-refractivity contribution in [2.45, 2.75) is 6.42 Å². The molecule has 2 rings (SSSR count). The molecule has 7 nitrogen and oxygen atoms in total. The molecule has 2 N–H and O–H groups in total. The van der Waals surface area contributed by atoms with E-state index in [9.17, 15) is 24.1 Å². The number of amides is 2. The van der Waals surface area contributed by atoms with Gasteiger partial charge in [0.15, 0.2) is 0 Å². The van der Waals surface area contributed by atoms with Crippen molar-refractivity contribution in [1.82, 2.24) is 0 Å². The smallest absolute Gasteiger partial charge is 0.282 e. The maximum Gasteiger partial charge on any atom is 0.282 e. The summed E-state index contributed by atoms with van der Waals surface area (Å²) in [5.41, 5.74) is 4.94. The molecular weight excluding hydrogens is 317 g/mol. The first-order chi connectivity index (χ1) is 11.4. The molecule has 0 heterocycles. The van der Waals surface area contributed by atoms with E-state index in [1.807, 2.05) is 0 Å². The molecule has 0 saturated heterocycles. The highest BCUT2D eigenvalue weighted by Crippen LogP contribution is 2.23. The summed E-state index contributed by atoms with van der Waals surface area (Å²) < 4.78 is 13.1. The Kier molecular flexibility index (Phi) is 5.20. The third-order valence-corrected chi connectivity index (χ3v) is 3.30. The third kappa shape index (κ3) is 3.92. The Bertz CT molecular complexity index is 777. The molecule has 0 spiro atoms. The molecule has 2 amide bonds. The number of nitrogens with two attached hydrogens (primary N) is 1. The van der Waals surface area contributed by atoms with Gasteiger partial charge in [0, 0.05) is 24.7 Å². The van der Waals surface area contributed by atoms with Crippen LogP contribution in [0.4, 0.5) is 15.8 Å². The minimum Gasteiger partial charge on any atom is -0.370 e. The summed E-state index contributed by atoms with van der Waals surface area (Å²) in [6.45, 7) is -0.0775. The topological polar surface area (TPSA) is 107 Å². The van der Waals surface area contributed by atoms with Gasteiger partial charge in [-0.25, -0.2) is 4.39 Å². The molecule has 0 aromatic heterocycles. The molecule has 0 saturated carbocycles. The maximum absolute atomic E-state index is 13.1. The van der Waals surface area contributed by atoms with E-state index in [4.69, 9.17) is 5.73 Å². The van der Waals surface area contributed by atoms with Crippen molar-refractivity contribution in [2.24, 2.45) is 5.73 Å². The highest BCUT2D eigenvalue weighted by molar-refractivity contribution is 6.08.